The molecule has 78 valence electrons. The molecule has 0 bridgehead atoms. The van der Waals surface area contributed by atoms with Gasteiger partial charge in [-0.2, -0.15) is 0 Å². The van der Waals surface area contributed by atoms with Crippen molar-refractivity contribution in [2.24, 2.45) is 11.7 Å². The van der Waals surface area contributed by atoms with E-state index in [1.807, 2.05) is 24.3 Å². The summed E-state index contributed by atoms with van der Waals surface area (Å²) < 4.78 is 5.70. The number of nitrogens with two attached hydrogens (primary N) is 1. The Labute approximate surface area is 90.0 Å². The highest BCUT2D eigenvalue weighted by Gasteiger charge is 2.14. The van der Waals surface area contributed by atoms with Gasteiger partial charge in [-0.05, 0) is 18.1 Å². The Hall–Kier alpha value is -0.730. The summed E-state index contributed by atoms with van der Waals surface area (Å²) in [5.41, 5.74) is 5.60. The van der Waals surface area contributed by atoms with Crippen molar-refractivity contribution >= 4 is 11.6 Å². The SMILES string of the molecule is CC(C)C(CN)Oc1ccccc1Cl. The molecule has 0 saturated carbocycles. The molecule has 1 aromatic rings. The van der Waals surface area contributed by atoms with Crippen molar-refractivity contribution in [1.82, 2.24) is 0 Å². The lowest BCUT2D eigenvalue weighted by molar-refractivity contribution is 0.159. The molecule has 0 amide bonds. The average Bonchev–Trinajstić information content (AvgIpc) is 2.16. The van der Waals surface area contributed by atoms with Crippen molar-refractivity contribution in [2.75, 3.05) is 6.54 Å². The minimum atomic E-state index is 0.0231. The van der Waals surface area contributed by atoms with Crippen LogP contribution in [0.25, 0.3) is 0 Å². The van der Waals surface area contributed by atoms with E-state index in [1.165, 1.54) is 0 Å². The van der Waals surface area contributed by atoms with E-state index in [9.17, 15) is 0 Å². The summed E-state index contributed by atoms with van der Waals surface area (Å²) in [5.74, 6) is 1.09. The second-order valence-electron chi connectivity index (χ2n) is 3.57. The van der Waals surface area contributed by atoms with Gasteiger partial charge in [0.25, 0.3) is 0 Å². The third kappa shape index (κ3) is 2.89. The fraction of sp³-hybridized carbons (Fsp3) is 0.455. The molecule has 1 rings (SSSR count). The van der Waals surface area contributed by atoms with Gasteiger partial charge in [0.05, 0.1) is 5.02 Å². The van der Waals surface area contributed by atoms with Crippen molar-refractivity contribution in [3.63, 3.8) is 0 Å². The van der Waals surface area contributed by atoms with Gasteiger partial charge < -0.3 is 10.5 Å². The first kappa shape index (κ1) is 11.3. The molecule has 0 spiro atoms. The lowest BCUT2D eigenvalue weighted by atomic mass is 10.1. The van der Waals surface area contributed by atoms with Gasteiger partial charge in [0.2, 0.25) is 0 Å². The molecule has 1 unspecified atom stereocenters. The highest BCUT2D eigenvalue weighted by atomic mass is 35.5. The third-order valence-corrected chi connectivity index (χ3v) is 2.40. The van der Waals surface area contributed by atoms with Crippen LogP contribution in [0.3, 0.4) is 0 Å². The van der Waals surface area contributed by atoms with Crippen LogP contribution in [0.1, 0.15) is 13.8 Å². The Kier molecular flexibility index (Phi) is 4.23. The van der Waals surface area contributed by atoms with Crippen LogP contribution in [-0.2, 0) is 0 Å². The van der Waals surface area contributed by atoms with Crippen molar-refractivity contribution in [3.05, 3.63) is 29.3 Å². The molecular weight excluding hydrogens is 198 g/mol. The molecule has 1 atom stereocenters. The van der Waals surface area contributed by atoms with Crippen molar-refractivity contribution in [1.29, 1.82) is 0 Å². The quantitative estimate of drug-likeness (QED) is 0.835. The molecule has 2 nitrogen and oxygen atoms in total. The first-order chi connectivity index (χ1) is 6.65. The number of hydrogen-bond acceptors (Lipinski definition) is 2. The maximum atomic E-state index is 5.96. The number of ether oxygens (including phenoxy) is 1. The van der Waals surface area contributed by atoms with Gasteiger partial charge in [0, 0.05) is 6.54 Å². The van der Waals surface area contributed by atoms with Crippen LogP contribution in [0.2, 0.25) is 5.02 Å². The van der Waals surface area contributed by atoms with Crippen LogP contribution in [-0.4, -0.2) is 12.6 Å². The second-order valence-corrected chi connectivity index (χ2v) is 3.97. The summed E-state index contributed by atoms with van der Waals surface area (Å²) >= 11 is 5.96. The summed E-state index contributed by atoms with van der Waals surface area (Å²) in [4.78, 5) is 0. The maximum Gasteiger partial charge on any atom is 0.138 e. The third-order valence-electron chi connectivity index (χ3n) is 2.09. The van der Waals surface area contributed by atoms with Gasteiger partial charge in [0.15, 0.2) is 0 Å². The number of benzene rings is 1. The smallest absolute Gasteiger partial charge is 0.138 e. The van der Waals surface area contributed by atoms with Gasteiger partial charge in [-0.1, -0.05) is 37.6 Å². The van der Waals surface area contributed by atoms with E-state index >= 15 is 0 Å². The first-order valence-corrected chi connectivity index (χ1v) is 5.14. The largest absolute Gasteiger partial charge is 0.487 e. The zero-order valence-corrected chi connectivity index (χ0v) is 9.29. The molecule has 0 heterocycles. The minimum Gasteiger partial charge on any atom is -0.487 e. The van der Waals surface area contributed by atoms with Crippen LogP contribution in [0.15, 0.2) is 24.3 Å². The molecule has 14 heavy (non-hydrogen) atoms. The summed E-state index contributed by atoms with van der Waals surface area (Å²) in [7, 11) is 0. The minimum absolute atomic E-state index is 0.0231. The summed E-state index contributed by atoms with van der Waals surface area (Å²) in [6.45, 7) is 4.66. The van der Waals surface area contributed by atoms with Crippen LogP contribution < -0.4 is 10.5 Å². The zero-order valence-electron chi connectivity index (χ0n) is 8.53. The van der Waals surface area contributed by atoms with Gasteiger partial charge in [0.1, 0.15) is 11.9 Å². The summed E-state index contributed by atoms with van der Waals surface area (Å²) in [6.07, 6.45) is 0.0231. The molecule has 0 aliphatic heterocycles. The molecule has 0 radical (unpaired) electrons. The lowest BCUT2D eigenvalue weighted by Crippen LogP contribution is -2.31. The number of para-hydroxylation sites is 1. The molecule has 0 fully saturated rings. The van der Waals surface area contributed by atoms with E-state index in [1.54, 1.807) is 0 Å². The molecule has 0 aromatic heterocycles. The van der Waals surface area contributed by atoms with E-state index in [0.717, 1.165) is 0 Å². The molecule has 0 saturated heterocycles. The Bertz CT molecular complexity index is 288. The molecule has 1 aromatic carbocycles. The van der Waals surface area contributed by atoms with Gasteiger partial charge in [-0.3, -0.25) is 0 Å². The maximum absolute atomic E-state index is 5.96. The Balaban J connectivity index is 2.72. The first-order valence-electron chi connectivity index (χ1n) is 4.76. The fourth-order valence-electron chi connectivity index (χ4n) is 1.16. The van der Waals surface area contributed by atoms with Crippen LogP contribution in [0.5, 0.6) is 5.75 Å². The molecule has 3 heteroatoms. The Morgan fingerprint density at radius 3 is 2.50 bits per heavy atom. The monoisotopic (exact) mass is 213 g/mol. The predicted octanol–water partition coefficient (Wildman–Crippen LogP) is 2.70. The van der Waals surface area contributed by atoms with Crippen LogP contribution >= 0.6 is 11.6 Å². The van der Waals surface area contributed by atoms with E-state index in [-0.39, 0.29) is 6.10 Å². The number of halogens is 1. The van der Waals surface area contributed by atoms with Crippen LogP contribution in [0, 0.1) is 5.92 Å². The van der Waals surface area contributed by atoms with Crippen molar-refractivity contribution < 1.29 is 4.74 Å². The van der Waals surface area contributed by atoms with Crippen molar-refractivity contribution in [2.45, 2.75) is 20.0 Å². The van der Waals surface area contributed by atoms with E-state index in [4.69, 9.17) is 22.1 Å². The Morgan fingerprint density at radius 2 is 2.00 bits per heavy atom. The topological polar surface area (TPSA) is 35.2 Å². The van der Waals surface area contributed by atoms with E-state index in [2.05, 4.69) is 13.8 Å². The van der Waals surface area contributed by atoms with Crippen molar-refractivity contribution in [3.8, 4) is 5.75 Å². The molecule has 0 aliphatic carbocycles. The normalized spacial score (nSPS) is 12.9. The van der Waals surface area contributed by atoms with Gasteiger partial charge in [-0.15, -0.1) is 0 Å². The highest BCUT2D eigenvalue weighted by Crippen LogP contribution is 2.25. The second kappa shape index (κ2) is 5.23. The van der Waals surface area contributed by atoms with Gasteiger partial charge >= 0.3 is 0 Å². The number of rotatable bonds is 4. The molecule has 2 N–H and O–H groups in total. The molecular formula is C11H16ClNO. The standard InChI is InChI=1S/C11H16ClNO/c1-8(2)11(7-13)14-10-6-4-3-5-9(10)12/h3-6,8,11H,7,13H2,1-2H3. The van der Waals surface area contributed by atoms with Crippen LogP contribution in [0.4, 0.5) is 0 Å². The fourth-order valence-corrected chi connectivity index (χ4v) is 1.34. The highest BCUT2D eigenvalue weighted by molar-refractivity contribution is 6.32. The van der Waals surface area contributed by atoms with E-state index < -0.39 is 0 Å². The predicted molar refractivity (Wildman–Crippen MR) is 59.8 cm³/mol. The number of hydrogen-bond donors (Lipinski definition) is 1. The van der Waals surface area contributed by atoms with E-state index in [0.29, 0.717) is 23.2 Å². The zero-order chi connectivity index (χ0) is 10.6. The molecule has 0 aliphatic rings. The summed E-state index contributed by atoms with van der Waals surface area (Å²) in [6, 6.07) is 7.44. The average molecular weight is 214 g/mol. The van der Waals surface area contributed by atoms with Gasteiger partial charge in [-0.25, -0.2) is 0 Å². The Morgan fingerprint density at radius 1 is 1.36 bits per heavy atom. The summed E-state index contributed by atoms with van der Waals surface area (Å²) in [5, 5.41) is 0.631. The lowest BCUT2D eigenvalue weighted by Gasteiger charge is -2.21.